The Balaban J connectivity index is 0.000000448. The molecule has 2 aliphatic heterocycles. The van der Waals surface area contributed by atoms with Crippen LogP contribution in [0.3, 0.4) is 0 Å². The Bertz CT molecular complexity index is 1300. The topological polar surface area (TPSA) is 113 Å². The molecule has 2 amide bonds. The lowest BCUT2D eigenvalue weighted by atomic mass is 9.83. The lowest BCUT2D eigenvalue weighted by molar-refractivity contribution is -0.192. The van der Waals surface area contributed by atoms with Crippen LogP contribution in [0.1, 0.15) is 27.6 Å². The number of aliphatic carboxylic acids is 1. The molecule has 2 fully saturated rings. The van der Waals surface area contributed by atoms with E-state index in [2.05, 4.69) is 4.98 Å². The van der Waals surface area contributed by atoms with Crippen LogP contribution in [0.2, 0.25) is 0 Å². The van der Waals surface area contributed by atoms with E-state index in [0.717, 1.165) is 11.1 Å². The number of amides is 2. The average molecular weight is 549 g/mol. The SMILES string of the molecule is O=C(O)C(F)(F)F.O=C(c1ccco1)N1CC(c2cccnc2)C2(C1)OCCN(Cc1ccc(F)cc1)C2=O. The Hall–Kier alpha value is -4.26. The predicted molar refractivity (Wildman–Crippen MR) is 126 cm³/mol. The highest BCUT2D eigenvalue weighted by Crippen LogP contribution is 2.42. The Morgan fingerprint density at radius 2 is 1.85 bits per heavy atom. The number of carbonyl (C=O) groups is 3. The normalized spacial score (nSPS) is 21.0. The Morgan fingerprint density at radius 3 is 2.44 bits per heavy atom. The third kappa shape index (κ3) is 6.08. The number of morpholine rings is 1. The summed E-state index contributed by atoms with van der Waals surface area (Å²) in [6, 6.07) is 13.1. The van der Waals surface area contributed by atoms with Crippen LogP contribution >= 0.6 is 0 Å². The van der Waals surface area contributed by atoms with E-state index in [0.29, 0.717) is 26.2 Å². The van der Waals surface area contributed by atoms with Gasteiger partial charge in [-0.2, -0.15) is 13.2 Å². The quantitative estimate of drug-likeness (QED) is 0.496. The number of benzene rings is 1. The number of carboxylic acids is 1. The number of hydrogen-bond donors (Lipinski definition) is 1. The van der Waals surface area contributed by atoms with E-state index in [-0.39, 0.29) is 35.9 Å². The zero-order valence-corrected chi connectivity index (χ0v) is 20.3. The van der Waals surface area contributed by atoms with Crippen molar-refractivity contribution < 1.29 is 46.2 Å². The molecule has 0 radical (unpaired) electrons. The summed E-state index contributed by atoms with van der Waals surface area (Å²) in [6.07, 6.45) is -0.255. The summed E-state index contributed by atoms with van der Waals surface area (Å²) in [5, 5.41) is 7.12. The fourth-order valence-corrected chi connectivity index (χ4v) is 4.59. The summed E-state index contributed by atoms with van der Waals surface area (Å²) in [6.45, 7) is 1.53. The first-order chi connectivity index (χ1) is 18.5. The fourth-order valence-electron chi connectivity index (χ4n) is 4.59. The van der Waals surface area contributed by atoms with E-state index in [9.17, 15) is 27.2 Å². The number of rotatable bonds is 4. The smallest absolute Gasteiger partial charge is 0.475 e. The second kappa shape index (κ2) is 11.2. The predicted octanol–water partition coefficient (Wildman–Crippen LogP) is 3.48. The standard InChI is InChI=1S/C24H22FN3O4.C2HF3O2/c25-19-7-5-17(6-8-19)14-27-10-12-32-24(23(27)30)16-28(22(29)21-4-2-11-31-21)15-20(24)18-3-1-9-26-13-18;3-2(4,5)1(6)7/h1-9,11,13,20H,10,12,14-16H2;(H,6,7). The van der Waals surface area contributed by atoms with Crippen molar-refractivity contribution in [2.24, 2.45) is 0 Å². The van der Waals surface area contributed by atoms with Gasteiger partial charge in [-0.1, -0.05) is 18.2 Å². The second-order valence-corrected chi connectivity index (χ2v) is 8.90. The summed E-state index contributed by atoms with van der Waals surface area (Å²) in [7, 11) is 0. The molecule has 9 nitrogen and oxygen atoms in total. The Morgan fingerprint density at radius 1 is 1.13 bits per heavy atom. The number of alkyl halides is 3. The van der Waals surface area contributed by atoms with Crippen molar-refractivity contribution in [3.05, 3.63) is 89.9 Å². The number of furan rings is 1. The van der Waals surface area contributed by atoms with E-state index >= 15 is 0 Å². The van der Waals surface area contributed by atoms with Gasteiger partial charge in [0.1, 0.15) is 5.82 Å². The number of carbonyl (C=O) groups excluding carboxylic acids is 2. The van der Waals surface area contributed by atoms with Gasteiger partial charge >= 0.3 is 12.1 Å². The van der Waals surface area contributed by atoms with E-state index in [4.69, 9.17) is 19.1 Å². The summed E-state index contributed by atoms with van der Waals surface area (Å²) in [5.41, 5.74) is 0.444. The van der Waals surface area contributed by atoms with Crippen LogP contribution in [0.15, 0.2) is 71.6 Å². The Labute approximate surface area is 219 Å². The van der Waals surface area contributed by atoms with Gasteiger partial charge in [-0.15, -0.1) is 0 Å². The number of aromatic nitrogens is 1. The molecular weight excluding hydrogens is 526 g/mol. The van der Waals surface area contributed by atoms with Crippen LogP contribution in [0.25, 0.3) is 0 Å². The first kappa shape index (κ1) is 27.8. The zero-order valence-electron chi connectivity index (χ0n) is 20.3. The Kier molecular flexibility index (Phi) is 8.00. The monoisotopic (exact) mass is 549 g/mol. The average Bonchev–Trinajstić information content (AvgIpc) is 3.58. The minimum absolute atomic E-state index is 0.116. The molecule has 0 aliphatic carbocycles. The first-order valence-corrected chi connectivity index (χ1v) is 11.7. The lowest BCUT2D eigenvalue weighted by Gasteiger charge is -2.42. The van der Waals surface area contributed by atoms with Crippen LogP contribution < -0.4 is 0 Å². The molecule has 1 N–H and O–H groups in total. The van der Waals surface area contributed by atoms with Gasteiger partial charge in [0.15, 0.2) is 11.4 Å². The summed E-state index contributed by atoms with van der Waals surface area (Å²) >= 11 is 0. The number of halogens is 4. The molecule has 0 saturated carbocycles. The van der Waals surface area contributed by atoms with Crippen molar-refractivity contribution in [1.82, 2.24) is 14.8 Å². The van der Waals surface area contributed by atoms with Gasteiger partial charge in [0.25, 0.3) is 11.8 Å². The number of pyridine rings is 1. The van der Waals surface area contributed by atoms with Crippen molar-refractivity contribution in [2.75, 3.05) is 26.2 Å². The molecule has 2 aromatic heterocycles. The summed E-state index contributed by atoms with van der Waals surface area (Å²) in [4.78, 5) is 43.3. The van der Waals surface area contributed by atoms with Crippen LogP contribution in [0.5, 0.6) is 0 Å². The molecular formula is C26H23F4N3O6. The maximum Gasteiger partial charge on any atom is 0.490 e. The van der Waals surface area contributed by atoms with Crippen LogP contribution in [-0.2, 0) is 20.9 Å². The first-order valence-electron chi connectivity index (χ1n) is 11.7. The number of ether oxygens (including phenoxy) is 1. The fraction of sp³-hybridized carbons (Fsp3) is 0.308. The van der Waals surface area contributed by atoms with Crippen molar-refractivity contribution in [1.29, 1.82) is 0 Å². The summed E-state index contributed by atoms with van der Waals surface area (Å²) in [5.74, 6) is -3.70. The van der Waals surface area contributed by atoms with Gasteiger partial charge in [-0.3, -0.25) is 14.6 Å². The molecule has 2 aliphatic rings. The van der Waals surface area contributed by atoms with Crippen LogP contribution in [0.4, 0.5) is 17.6 Å². The van der Waals surface area contributed by atoms with Crippen LogP contribution in [-0.4, -0.2) is 75.7 Å². The summed E-state index contributed by atoms with van der Waals surface area (Å²) < 4.78 is 56.5. The third-order valence-corrected chi connectivity index (χ3v) is 6.40. The highest BCUT2D eigenvalue weighted by molar-refractivity contribution is 5.94. The molecule has 1 aromatic carbocycles. The molecule has 13 heteroatoms. The molecule has 206 valence electrons. The van der Waals surface area contributed by atoms with Gasteiger partial charge in [0.2, 0.25) is 0 Å². The number of carboxylic acid groups (broad SMARTS) is 1. The van der Waals surface area contributed by atoms with Crippen molar-refractivity contribution >= 4 is 17.8 Å². The molecule has 3 aromatic rings. The molecule has 4 heterocycles. The second-order valence-electron chi connectivity index (χ2n) is 8.90. The van der Waals surface area contributed by atoms with Crippen LogP contribution in [0, 0.1) is 5.82 Å². The zero-order chi connectivity index (χ0) is 28.2. The van der Waals surface area contributed by atoms with Crippen molar-refractivity contribution in [3.63, 3.8) is 0 Å². The van der Waals surface area contributed by atoms with E-state index < -0.39 is 17.7 Å². The minimum atomic E-state index is -5.08. The number of hydrogen-bond acceptors (Lipinski definition) is 6. The van der Waals surface area contributed by atoms with E-state index in [1.54, 1.807) is 46.5 Å². The maximum atomic E-state index is 13.8. The molecule has 2 unspecified atom stereocenters. The minimum Gasteiger partial charge on any atom is -0.475 e. The van der Waals surface area contributed by atoms with Gasteiger partial charge < -0.3 is 24.1 Å². The number of nitrogens with zero attached hydrogens (tertiary/aromatic N) is 3. The molecule has 2 saturated heterocycles. The van der Waals surface area contributed by atoms with Gasteiger partial charge in [-0.25, -0.2) is 9.18 Å². The van der Waals surface area contributed by atoms with Gasteiger partial charge in [-0.05, 0) is 41.5 Å². The molecule has 2 atom stereocenters. The molecule has 0 bridgehead atoms. The number of likely N-dealkylation sites (tertiary alicyclic amines) is 1. The van der Waals surface area contributed by atoms with Crippen molar-refractivity contribution in [3.8, 4) is 0 Å². The van der Waals surface area contributed by atoms with E-state index in [1.807, 2.05) is 12.1 Å². The lowest BCUT2D eigenvalue weighted by Crippen LogP contribution is -2.60. The van der Waals surface area contributed by atoms with Gasteiger partial charge in [0, 0.05) is 37.9 Å². The molecule has 5 rings (SSSR count). The molecule has 1 spiro atoms. The van der Waals surface area contributed by atoms with Gasteiger partial charge in [0.05, 0.1) is 19.4 Å². The van der Waals surface area contributed by atoms with Crippen molar-refractivity contribution in [2.45, 2.75) is 24.2 Å². The van der Waals surface area contributed by atoms with E-state index in [1.165, 1.54) is 18.4 Å². The largest absolute Gasteiger partial charge is 0.490 e. The highest BCUT2D eigenvalue weighted by atomic mass is 19.4. The maximum absolute atomic E-state index is 13.8. The third-order valence-electron chi connectivity index (χ3n) is 6.40. The highest BCUT2D eigenvalue weighted by Gasteiger charge is 2.58. The molecule has 39 heavy (non-hydrogen) atoms.